The first-order valence-corrected chi connectivity index (χ1v) is 15.4. The van der Waals surface area contributed by atoms with Gasteiger partial charge in [0.05, 0.1) is 18.2 Å². The monoisotopic (exact) mass is 627 g/mol. The molecule has 0 heterocycles. The van der Waals surface area contributed by atoms with Crippen LogP contribution in [0.3, 0.4) is 0 Å². The predicted molar refractivity (Wildman–Crippen MR) is 171 cm³/mol. The van der Waals surface area contributed by atoms with Crippen LogP contribution >= 0.6 is 23.5 Å². The van der Waals surface area contributed by atoms with Crippen LogP contribution < -0.4 is 0 Å². The fourth-order valence-corrected chi connectivity index (χ4v) is 6.52. The molecule has 44 heavy (non-hydrogen) atoms. The second kappa shape index (κ2) is 13.6. The van der Waals surface area contributed by atoms with Gasteiger partial charge in [0.2, 0.25) is 0 Å². The Labute approximate surface area is 265 Å². The van der Waals surface area contributed by atoms with Gasteiger partial charge in [-0.15, -0.1) is 0 Å². The quantitative estimate of drug-likeness (QED) is 0.115. The molecule has 226 valence electrons. The Morgan fingerprint density at radius 3 is 1.48 bits per heavy atom. The summed E-state index contributed by atoms with van der Waals surface area (Å²) in [6.07, 6.45) is 0. The van der Waals surface area contributed by atoms with Gasteiger partial charge in [0.25, 0.3) is 5.91 Å². The number of fused-ring (bicyclic) bond motifs is 2. The summed E-state index contributed by atoms with van der Waals surface area (Å²) >= 11 is 2.40. The number of benzene rings is 4. The van der Waals surface area contributed by atoms with Crippen molar-refractivity contribution in [1.29, 1.82) is 0 Å². The van der Waals surface area contributed by atoms with Gasteiger partial charge in [-0.1, -0.05) is 99.7 Å². The lowest BCUT2D eigenvalue weighted by Crippen LogP contribution is -2.23. The van der Waals surface area contributed by atoms with E-state index in [1.807, 2.05) is 0 Å². The molecule has 4 aromatic carbocycles. The van der Waals surface area contributed by atoms with E-state index in [2.05, 4.69) is 27.7 Å². The first-order chi connectivity index (χ1) is 20.8. The Balaban J connectivity index is 0.000000818. The molecule has 0 fully saturated rings. The Bertz CT molecular complexity index is 1750. The summed E-state index contributed by atoms with van der Waals surface area (Å²) in [5.74, 6) is -1.71. The molecule has 1 aliphatic carbocycles. The zero-order valence-corrected chi connectivity index (χ0v) is 27.0. The molecular weight excluding hydrogens is 595 g/mol. The number of nitrogens with zero attached hydrogens (tertiary/aromatic N) is 1. The number of amides is 1. The highest BCUT2D eigenvalue weighted by Gasteiger charge is 2.34. The molecule has 4 aromatic rings. The van der Waals surface area contributed by atoms with Crippen molar-refractivity contribution in [1.82, 2.24) is 5.06 Å². The number of rotatable bonds is 6. The van der Waals surface area contributed by atoms with Gasteiger partial charge in [0.1, 0.15) is 0 Å². The van der Waals surface area contributed by atoms with Crippen molar-refractivity contribution < 1.29 is 29.1 Å². The minimum Gasteiger partial charge on any atom is -0.465 e. The predicted octanol–water partition coefficient (Wildman–Crippen LogP) is 8.06. The van der Waals surface area contributed by atoms with Crippen LogP contribution in [0.15, 0.2) is 105 Å². The van der Waals surface area contributed by atoms with E-state index in [0.29, 0.717) is 35.6 Å². The lowest BCUT2D eigenvalue weighted by Gasteiger charge is -2.22. The number of carbonyl (C=O) groups excluding carboxylic acids is 4. The van der Waals surface area contributed by atoms with Crippen molar-refractivity contribution in [3.8, 4) is 0 Å². The number of hydrogen-bond acceptors (Lipinski definition) is 8. The SMILES string of the molecule is CC(C)(C)C.COC(=O)c1ccccc1Sc1cccc2c1C(=O)c1cccc(Sc3ccccc3C(=O)N(C)O)c1C2=O. The van der Waals surface area contributed by atoms with Gasteiger partial charge >= 0.3 is 5.97 Å². The van der Waals surface area contributed by atoms with Crippen molar-refractivity contribution in [3.05, 3.63) is 118 Å². The van der Waals surface area contributed by atoms with E-state index in [0.717, 1.165) is 0 Å². The molecule has 0 aliphatic heterocycles. The number of ketones is 2. The Hall–Kier alpha value is -4.18. The zero-order chi connectivity index (χ0) is 32.2. The average Bonchev–Trinajstić information content (AvgIpc) is 2.98. The molecule has 0 atom stereocenters. The summed E-state index contributed by atoms with van der Waals surface area (Å²) < 4.78 is 4.90. The van der Waals surface area contributed by atoms with Gasteiger partial charge in [0, 0.05) is 48.9 Å². The molecular formula is C35H33NO6S2. The summed E-state index contributed by atoms with van der Waals surface area (Å²) in [4.78, 5) is 54.7. The van der Waals surface area contributed by atoms with E-state index < -0.39 is 11.9 Å². The highest BCUT2D eigenvalue weighted by molar-refractivity contribution is 7.99. The van der Waals surface area contributed by atoms with Gasteiger partial charge < -0.3 is 4.74 Å². The molecule has 1 amide bonds. The van der Waals surface area contributed by atoms with E-state index in [4.69, 9.17) is 4.74 Å². The molecule has 0 saturated carbocycles. The highest BCUT2D eigenvalue weighted by atomic mass is 32.2. The van der Waals surface area contributed by atoms with Crippen LogP contribution in [-0.4, -0.2) is 47.9 Å². The van der Waals surface area contributed by atoms with Gasteiger partial charge in [-0.25, -0.2) is 9.86 Å². The minimum atomic E-state index is -0.593. The Morgan fingerprint density at radius 2 is 1.05 bits per heavy atom. The third kappa shape index (κ3) is 7.30. The molecule has 0 bridgehead atoms. The molecule has 0 unspecified atom stereocenters. The third-order valence-electron chi connectivity index (χ3n) is 6.14. The number of methoxy groups -OCH3 is 1. The lowest BCUT2D eigenvalue weighted by atomic mass is 9.84. The molecule has 9 heteroatoms. The number of esters is 1. The fraction of sp³-hybridized carbons (Fsp3) is 0.200. The molecule has 1 aliphatic rings. The summed E-state index contributed by atoms with van der Waals surface area (Å²) in [6, 6.07) is 23.8. The van der Waals surface area contributed by atoms with Gasteiger partial charge in [-0.05, 0) is 41.8 Å². The largest absolute Gasteiger partial charge is 0.465 e. The number of hydroxylamine groups is 2. The normalized spacial score (nSPS) is 12.0. The fourth-order valence-electron chi connectivity index (χ4n) is 4.33. The van der Waals surface area contributed by atoms with E-state index in [-0.39, 0.29) is 39.4 Å². The molecule has 0 aromatic heterocycles. The molecule has 0 spiro atoms. The van der Waals surface area contributed by atoms with Crippen LogP contribution in [0.25, 0.3) is 0 Å². The lowest BCUT2D eigenvalue weighted by molar-refractivity contribution is -0.0377. The second-order valence-corrected chi connectivity index (χ2v) is 13.7. The highest BCUT2D eigenvalue weighted by Crippen LogP contribution is 2.42. The maximum atomic E-state index is 13.9. The van der Waals surface area contributed by atoms with Gasteiger partial charge in [-0.2, -0.15) is 0 Å². The van der Waals surface area contributed by atoms with Crippen LogP contribution in [0, 0.1) is 5.41 Å². The van der Waals surface area contributed by atoms with Gasteiger partial charge in [-0.3, -0.25) is 19.6 Å². The first kappa shape index (κ1) is 32.7. The summed E-state index contributed by atoms with van der Waals surface area (Å²) in [5, 5.41) is 10.2. The summed E-state index contributed by atoms with van der Waals surface area (Å²) in [7, 11) is 2.55. The van der Waals surface area contributed by atoms with E-state index >= 15 is 0 Å². The zero-order valence-electron chi connectivity index (χ0n) is 25.3. The van der Waals surface area contributed by atoms with Crippen molar-refractivity contribution in [2.75, 3.05) is 14.2 Å². The van der Waals surface area contributed by atoms with Crippen molar-refractivity contribution in [3.63, 3.8) is 0 Å². The van der Waals surface area contributed by atoms with Crippen LogP contribution in [0.5, 0.6) is 0 Å². The Morgan fingerprint density at radius 1 is 0.659 bits per heavy atom. The van der Waals surface area contributed by atoms with Crippen LogP contribution in [0.4, 0.5) is 0 Å². The second-order valence-electron chi connectivity index (χ2n) is 11.5. The summed E-state index contributed by atoms with van der Waals surface area (Å²) in [6.45, 7) is 8.75. The number of carbonyl (C=O) groups is 4. The van der Waals surface area contributed by atoms with Crippen LogP contribution in [0.1, 0.15) is 80.3 Å². The Kier molecular flexibility index (Phi) is 10.1. The van der Waals surface area contributed by atoms with Gasteiger partial charge in [0.15, 0.2) is 11.6 Å². The van der Waals surface area contributed by atoms with E-state index in [1.54, 1.807) is 84.9 Å². The molecule has 0 saturated heterocycles. The molecule has 0 radical (unpaired) electrons. The number of hydrogen-bond donors (Lipinski definition) is 1. The molecule has 5 rings (SSSR count). The van der Waals surface area contributed by atoms with E-state index in [9.17, 15) is 24.4 Å². The van der Waals surface area contributed by atoms with Crippen molar-refractivity contribution in [2.24, 2.45) is 5.41 Å². The topological polar surface area (TPSA) is 101 Å². The maximum absolute atomic E-state index is 13.9. The third-order valence-corrected chi connectivity index (χ3v) is 8.41. The van der Waals surface area contributed by atoms with Crippen LogP contribution in [-0.2, 0) is 4.74 Å². The van der Waals surface area contributed by atoms with Crippen LogP contribution in [0.2, 0.25) is 0 Å². The molecule has 1 N–H and O–H groups in total. The van der Waals surface area contributed by atoms with Crippen molar-refractivity contribution >= 4 is 47.0 Å². The van der Waals surface area contributed by atoms with E-state index in [1.165, 1.54) is 37.7 Å². The molecule has 7 nitrogen and oxygen atoms in total. The first-order valence-electron chi connectivity index (χ1n) is 13.8. The minimum absolute atomic E-state index is 0.259. The standard InChI is InChI=1S/C30H21NO6S2.C5H12/c1-31(36)29(34)17-9-3-5-13-21(17)38-23-15-7-11-19-25(23)27(32)20-12-8-16-24(26(20)28(19)33)39-22-14-6-4-10-18(22)30(35)37-2;1-5(2,3)4/h3-16,36H,1-2H3;1-4H3. The number of ether oxygens (including phenoxy) is 1. The average molecular weight is 628 g/mol. The smallest absolute Gasteiger partial charge is 0.339 e. The van der Waals surface area contributed by atoms with Crippen molar-refractivity contribution in [2.45, 2.75) is 47.3 Å². The maximum Gasteiger partial charge on any atom is 0.339 e. The summed E-state index contributed by atoms with van der Waals surface area (Å²) in [5.41, 5.74) is 2.19.